The van der Waals surface area contributed by atoms with Gasteiger partial charge in [-0.25, -0.2) is 4.98 Å². The van der Waals surface area contributed by atoms with Gasteiger partial charge in [0.25, 0.3) is 0 Å². The molecule has 0 aliphatic heterocycles. The Labute approximate surface area is 130 Å². The lowest BCUT2D eigenvalue weighted by molar-refractivity contribution is 0.410. The largest absolute Gasteiger partial charge is 0.496 e. The van der Waals surface area contributed by atoms with Gasteiger partial charge in [0, 0.05) is 17.1 Å². The second kappa shape index (κ2) is 6.46. The number of hydrogen-bond acceptors (Lipinski definition) is 3. The van der Waals surface area contributed by atoms with E-state index in [1.807, 2.05) is 24.3 Å². The van der Waals surface area contributed by atoms with E-state index < -0.39 is 0 Å². The van der Waals surface area contributed by atoms with Crippen LogP contribution in [0, 0.1) is 0 Å². The molecule has 1 aromatic carbocycles. The molecule has 0 spiro atoms. The lowest BCUT2D eigenvalue weighted by atomic mass is 10.2. The van der Waals surface area contributed by atoms with E-state index in [0.29, 0.717) is 16.7 Å². The highest BCUT2D eigenvalue weighted by molar-refractivity contribution is 9.10. The number of methoxy groups -OCH3 is 1. The smallest absolute Gasteiger partial charge is 0.143 e. The molecule has 0 saturated carbocycles. The van der Waals surface area contributed by atoms with Crippen LogP contribution in [0.15, 0.2) is 34.9 Å². The number of anilines is 1. The summed E-state index contributed by atoms with van der Waals surface area (Å²) in [6, 6.07) is 7.42. The minimum Gasteiger partial charge on any atom is -0.496 e. The third-order valence-electron chi connectivity index (χ3n) is 2.56. The second-order valence-electron chi connectivity index (χ2n) is 3.77. The average Bonchev–Trinajstić information content (AvgIpc) is 2.41. The van der Waals surface area contributed by atoms with Crippen LogP contribution >= 0.6 is 39.1 Å². The Kier molecular flexibility index (Phi) is 4.91. The Morgan fingerprint density at radius 2 is 2.16 bits per heavy atom. The SMILES string of the molecule is COc1cccc(Cl)c1CNc1cnc(Cl)c(Br)c1. The molecule has 2 rings (SSSR count). The molecule has 1 heterocycles. The zero-order valence-corrected chi connectivity index (χ0v) is 13.2. The number of pyridine rings is 1. The Morgan fingerprint density at radius 3 is 2.84 bits per heavy atom. The molecule has 1 N–H and O–H groups in total. The van der Waals surface area contributed by atoms with Crippen molar-refractivity contribution < 1.29 is 4.74 Å². The first-order chi connectivity index (χ1) is 9.11. The number of benzene rings is 1. The van der Waals surface area contributed by atoms with Gasteiger partial charge in [-0.3, -0.25) is 0 Å². The van der Waals surface area contributed by atoms with Gasteiger partial charge in [-0.05, 0) is 34.1 Å². The summed E-state index contributed by atoms with van der Waals surface area (Å²) in [5.74, 6) is 0.751. The molecule has 1 aromatic heterocycles. The summed E-state index contributed by atoms with van der Waals surface area (Å²) in [5.41, 5.74) is 1.75. The first-order valence-electron chi connectivity index (χ1n) is 5.48. The molecule has 100 valence electrons. The van der Waals surface area contributed by atoms with Crippen LogP contribution in [-0.4, -0.2) is 12.1 Å². The van der Waals surface area contributed by atoms with Crippen molar-refractivity contribution in [3.8, 4) is 5.75 Å². The van der Waals surface area contributed by atoms with E-state index in [9.17, 15) is 0 Å². The average molecular weight is 362 g/mol. The van der Waals surface area contributed by atoms with E-state index in [2.05, 4.69) is 26.2 Å². The van der Waals surface area contributed by atoms with Crippen molar-refractivity contribution in [1.82, 2.24) is 4.98 Å². The van der Waals surface area contributed by atoms with Gasteiger partial charge in [0.1, 0.15) is 10.9 Å². The first kappa shape index (κ1) is 14.4. The predicted octanol–water partition coefficient (Wildman–Crippen LogP) is 4.77. The van der Waals surface area contributed by atoms with Crippen molar-refractivity contribution in [3.63, 3.8) is 0 Å². The molecule has 0 aliphatic rings. The fraction of sp³-hybridized carbons (Fsp3) is 0.154. The van der Waals surface area contributed by atoms with Crippen LogP contribution < -0.4 is 10.1 Å². The second-order valence-corrected chi connectivity index (χ2v) is 5.39. The number of ether oxygens (including phenoxy) is 1. The van der Waals surface area contributed by atoms with Crippen LogP contribution in [-0.2, 0) is 6.54 Å². The van der Waals surface area contributed by atoms with Gasteiger partial charge in [0.05, 0.1) is 23.5 Å². The van der Waals surface area contributed by atoms with Crippen molar-refractivity contribution in [3.05, 3.63) is 50.7 Å². The van der Waals surface area contributed by atoms with Gasteiger partial charge in [-0.2, -0.15) is 0 Å². The van der Waals surface area contributed by atoms with Gasteiger partial charge in [0.15, 0.2) is 0 Å². The first-order valence-corrected chi connectivity index (χ1v) is 7.03. The van der Waals surface area contributed by atoms with Crippen LogP contribution in [0.3, 0.4) is 0 Å². The molecule has 2 aromatic rings. The molecular formula is C13H11BrCl2N2O. The van der Waals surface area contributed by atoms with E-state index >= 15 is 0 Å². The molecule has 6 heteroatoms. The topological polar surface area (TPSA) is 34.1 Å². The number of aromatic nitrogens is 1. The fourth-order valence-electron chi connectivity index (χ4n) is 1.61. The van der Waals surface area contributed by atoms with E-state index in [4.69, 9.17) is 27.9 Å². The number of nitrogens with zero attached hydrogens (tertiary/aromatic N) is 1. The molecule has 0 amide bonds. The normalized spacial score (nSPS) is 10.3. The predicted molar refractivity (Wildman–Crippen MR) is 82.3 cm³/mol. The molecule has 0 bridgehead atoms. The van der Waals surface area contributed by atoms with Crippen molar-refractivity contribution in [2.75, 3.05) is 12.4 Å². The molecule has 19 heavy (non-hydrogen) atoms. The number of hydrogen-bond donors (Lipinski definition) is 1. The Balaban J connectivity index is 2.16. The zero-order valence-electron chi connectivity index (χ0n) is 10.1. The molecule has 0 saturated heterocycles. The monoisotopic (exact) mass is 360 g/mol. The quantitative estimate of drug-likeness (QED) is 0.796. The van der Waals surface area contributed by atoms with E-state index in [-0.39, 0.29) is 0 Å². The van der Waals surface area contributed by atoms with Gasteiger partial charge in [-0.15, -0.1) is 0 Å². The third-order valence-corrected chi connectivity index (χ3v) is 4.05. The van der Waals surface area contributed by atoms with Crippen LogP contribution in [0.2, 0.25) is 10.2 Å². The Hall–Kier alpha value is -0.970. The highest BCUT2D eigenvalue weighted by Gasteiger charge is 2.08. The summed E-state index contributed by atoms with van der Waals surface area (Å²) < 4.78 is 6.03. The summed E-state index contributed by atoms with van der Waals surface area (Å²) in [4.78, 5) is 4.05. The Morgan fingerprint density at radius 1 is 1.37 bits per heavy atom. The maximum Gasteiger partial charge on any atom is 0.143 e. The molecule has 0 unspecified atom stereocenters. The van der Waals surface area contributed by atoms with Crippen LogP contribution in [0.25, 0.3) is 0 Å². The lowest BCUT2D eigenvalue weighted by Gasteiger charge is -2.12. The molecule has 0 radical (unpaired) electrons. The zero-order chi connectivity index (χ0) is 13.8. The number of halogens is 3. The minimum absolute atomic E-state index is 0.431. The van der Waals surface area contributed by atoms with Gasteiger partial charge in [-0.1, -0.05) is 29.3 Å². The van der Waals surface area contributed by atoms with Gasteiger partial charge < -0.3 is 10.1 Å². The highest BCUT2D eigenvalue weighted by Crippen LogP contribution is 2.28. The number of nitrogens with one attached hydrogen (secondary N) is 1. The lowest BCUT2D eigenvalue weighted by Crippen LogP contribution is -2.03. The maximum absolute atomic E-state index is 6.16. The summed E-state index contributed by atoms with van der Waals surface area (Å²) in [5, 5.41) is 4.32. The van der Waals surface area contributed by atoms with Crippen LogP contribution in [0.5, 0.6) is 5.75 Å². The molecule has 0 aliphatic carbocycles. The van der Waals surface area contributed by atoms with Crippen molar-refractivity contribution in [1.29, 1.82) is 0 Å². The van der Waals surface area contributed by atoms with E-state index in [1.165, 1.54) is 0 Å². The molecular weight excluding hydrogens is 351 g/mol. The maximum atomic E-state index is 6.16. The minimum atomic E-state index is 0.431. The molecule has 0 atom stereocenters. The number of rotatable bonds is 4. The van der Waals surface area contributed by atoms with E-state index in [0.717, 1.165) is 21.5 Å². The highest BCUT2D eigenvalue weighted by atomic mass is 79.9. The van der Waals surface area contributed by atoms with Crippen molar-refractivity contribution in [2.45, 2.75) is 6.54 Å². The summed E-state index contributed by atoms with van der Waals surface area (Å²) in [6.45, 7) is 0.540. The van der Waals surface area contributed by atoms with Crippen molar-refractivity contribution >= 4 is 44.8 Å². The fourth-order valence-corrected chi connectivity index (χ4v) is 2.30. The van der Waals surface area contributed by atoms with Crippen LogP contribution in [0.4, 0.5) is 5.69 Å². The van der Waals surface area contributed by atoms with Gasteiger partial charge in [0.2, 0.25) is 0 Å². The summed E-state index contributed by atoms with van der Waals surface area (Å²) >= 11 is 15.3. The summed E-state index contributed by atoms with van der Waals surface area (Å²) in [7, 11) is 1.62. The molecule has 0 fully saturated rings. The van der Waals surface area contributed by atoms with Crippen molar-refractivity contribution in [2.24, 2.45) is 0 Å². The Bertz CT molecular complexity index is 593. The van der Waals surface area contributed by atoms with Crippen LogP contribution in [0.1, 0.15) is 5.56 Å². The summed E-state index contributed by atoms with van der Waals surface area (Å²) in [6.07, 6.45) is 1.66. The molecule has 3 nitrogen and oxygen atoms in total. The van der Waals surface area contributed by atoms with E-state index in [1.54, 1.807) is 13.3 Å². The standard InChI is InChI=1S/C13H11BrCl2N2O/c1-19-12-4-2-3-11(15)9(12)7-17-8-5-10(14)13(16)18-6-8/h2-6,17H,7H2,1H3. The third kappa shape index (κ3) is 3.53. The van der Waals surface area contributed by atoms with Gasteiger partial charge >= 0.3 is 0 Å².